The SMILES string of the molecule is CC(C)(O)Cn1c2nc(C3CCCC3)nc-2c2n(c1=O)C[C@@H](Cc1ccccc1)N2. The number of anilines is 1. The first-order valence-corrected chi connectivity index (χ1v) is 10.9. The topological polar surface area (TPSA) is 85.0 Å². The lowest BCUT2D eigenvalue weighted by Gasteiger charge is -2.21. The summed E-state index contributed by atoms with van der Waals surface area (Å²) in [5, 5.41) is 14.0. The van der Waals surface area contributed by atoms with Gasteiger partial charge in [0.25, 0.3) is 0 Å². The van der Waals surface area contributed by atoms with E-state index < -0.39 is 5.60 Å². The smallest absolute Gasteiger partial charge is 0.331 e. The fourth-order valence-electron chi connectivity index (χ4n) is 4.84. The van der Waals surface area contributed by atoms with Gasteiger partial charge in [0.05, 0.1) is 12.1 Å². The first-order chi connectivity index (χ1) is 14.4. The van der Waals surface area contributed by atoms with Gasteiger partial charge in [0, 0.05) is 18.5 Å². The van der Waals surface area contributed by atoms with Crippen LogP contribution in [0.5, 0.6) is 0 Å². The molecule has 1 atom stereocenters. The van der Waals surface area contributed by atoms with Crippen LogP contribution >= 0.6 is 0 Å². The van der Waals surface area contributed by atoms with Crippen LogP contribution in [0, 0.1) is 0 Å². The molecule has 3 aliphatic heterocycles. The highest BCUT2D eigenvalue weighted by Crippen LogP contribution is 2.37. The Bertz CT molecular complexity index is 1070. The number of rotatable bonds is 5. The summed E-state index contributed by atoms with van der Waals surface area (Å²) < 4.78 is 3.38. The van der Waals surface area contributed by atoms with E-state index in [1.54, 1.807) is 23.0 Å². The Hall–Kier alpha value is -2.67. The number of nitrogens with zero attached hydrogens (tertiary/aromatic N) is 4. The molecule has 0 bridgehead atoms. The van der Waals surface area contributed by atoms with Gasteiger partial charge < -0.3 is 10.4 Å². The molecule has 4 aliphatic rings. The molecule has 0 unspecified atom stereocenters. The van der Waals surface area contributed by atoms with Crippen LogP contribution in [0.15, 0.2) is 35.1 Å². The minimum Gasteiger partial charge on any atom is -0.389 e. The molecular formula is C23H29N5O2. The maximum absolute atomic E-state index is 13.4. The van der Waals surface area contributed by atoms with Crippen molar-refractivity contribution in [2.75, 3.05) is 5.32 Å². The Morgan fingerprint density at radius 1 is 1.17 bits per heavy atom. The lowest BCUT2D eigenvalue weighted by Crippen LogP contribution is -2.38. The summed E-state index contributed by atoms with van der Waals surface area (Å²) in [4.78, 5) is 23.1. The third kappa shape index (κ3) is 3.51. The molecule has 1 fully saturated rings. The van der Waals surface area contributed by atoms with Crippen LogP contribution in [0.25, 0.3) is 11.5 Å². The maximum atomic E-state index is 13.4. The number of aliphatic hydroxyl groups is 1. The molecule has 158 valence electrons. The Morgan fingerprint density at radius 2 is 1.90 bits per heavy atom. The predicted molar refractivity (Wildman–Crippen MR) is 116 cm³/mol. The van der Waals surface area contributed by atoms with Crippen molar-refractivity contribution in [1.82, 2.24) is 19.1 Å². The van der Waals surface area contributed by atoms with Gasteiger partial charge in [-0.3, -0.25) is 9.13 Å². The molecule has 1 aliphatic carbocycles. The molecule has 1 aromatic carbocycles. The number of fused-ring (bicyclic) bond motifs is 3. The summed E-state index contributed by atoms with van der Waals surface area (Å²) in [5.74, 6) is 2.56. The van der Waals surface area contributed by atoms with E-state index in [0.717, 1.165) is 36.6 Å². The largest absolute Gasteiger partial charge is 0.389 e. The van der Waals surface area contributed by atoms with Crippen molar-refractivity contribution in [3.05, 3.63) is 52.2 Å². The van der Waals surface area contributed by atoms with Gasteiger partial charge >= 0.3 is 5.69 Å². The van der Waals surface area contributed by atoms with Crippen LogP contribution in [0.1, 0.15) is 56.8 Å². The molecule has 2 N–H and O–H groups in total. The molecule has 1 saturated carbocycles. The summed E-state index contributed by atoms with van der Waals surface area (Å²) >= 11 is 0. The molecule has 0 spiro atoms. The number of nitrogens with one attached hydrogen (secondary N) is 1. The second-order valence-corrected chi connectivity index (χ2v) is 9.41. The Morgan fingerprint density at radius 3 is 2.60 bits per heavy atom. The zero-order valence-electron chi connectivity index (χ0n) is 17.6. The van der Waals surface area contributed by atoms with Gasteiger partial charge in [0.1, 0.15) is 17.3 Å². The Balaban J connectivity index is 1.57. The van der Waals surface area contributed by atoms with Crippen LogP contribution in [-0.4, -0.2) is 35.9 Å². The van der Waals surface area contributed by atoms with Gasteiger partial charge in [-0.15, -0.1) is 0 Å². The molecule has 0 aromatic heterocycles. The van der Waals surface area contributed by atoms with Crippen LogP contribution in [0.4, 0.5) is 5.82 Å². The highest BCUT2D eigenvalue weighted by atomic mass is 16.3. The number of hydrogen-bond donors (Lipinski definition) is 2. The molecule has 0 amide bonds. The van der Waals surface area contributed by atoms with Gasteiger partial charge in [-0.25, -0.2) is 14.8 Å². The quantitative estimate of drug-likeness (QED) is 0.679. The van der Waals surface area contributed by atoms with E-state index in [4.69, 9.17) is 9.97 Å². The molecule has 0 radical (unpaired) electrons. The predicted octanol–water partition coefficient (Wildman–Crippen LogP) is 3.01. The molecule has 7 heteroatoms. The van der Waals surface area contributed by atoms with E-state index in [1.165, 1.54) is 18.4 Å². The van der Waals surface area contributed by atoms with Crippen molar-refractivity contribution in [1.29, 1.82) is 0 Å². The molecule has 7 nitrogen and oxygen atoms in total. The van der Waals surface area contributed by atoms with E-state index in [0.29, 0.717) is 18.3 Å². The van der Waals surface area contributed by atoms with Crippen molar-refractivity contribution >= 4 is 5.82 Å². The van der Waals surface area contributed by atoms with Crippen molar-refractivity contribution in [3.63, 3.8) is 0 Å². The Labute approximate surface area is 176 Å². The second-order valence-electron chi connectivity index (χ2n) is 9.41. The van der Waals surface area contributed by atoms with Crippen molar-refractivity contribution in [3.8, 4) is 11.5 Å². The molecular weight excluding hydrogens is 378 g/mol. The van der Waals surface area contributed by atoms with Gasteiger partial charge in [-0.05, 0) is 38.7 Å². The van der Waals surface area contributed by atoms with E-state index in [2.05, 4.69) is 17.4 Å². The van der Waals surface area contributed by atoms with Gasteiger partial charge in [0.15, 0.2) is 5.82 Å². The summed E-state index contributed by atoms with van der Waals surface area (Å²) in [6.07, 6.45) is 5.45. The normalized spacial score (nSPS) is 19.4. The van der Waals surface area contributed by atoms with Crippen molar-refractivity contribution in [2.45, 2.75) is 76.6 Å². The minimum atomic E-state index is -1.02. The zero-order chi connectivity index (χ0) is 20.9. The van der Waals surface area contributed by atoms with Crippen molar-refractivity contribution < 1.29 is 5.11 Å². The fraction of sp³-hybridized carbons (Fsp3) is 0.522. The average molecular weight is 408 g/mol. The van der Waals surface area contributed by atoms with Crippen LogP contribution < -0.4 is 11.0 Å². The fourth-order valence-corrected chi connectivity index (χ4v) is 4.84. The number of aromatic nitrogens is 4. The van der Waals surface area contributed by atoms with Crippen LogP contribution in [0.2, 0.25) is 0 Å². The third-order valence-electron chi connectivity index (χ3n) is 6.20. The minimum absolute atomic E-state index is 0.118. The van der Waals surface area contributed by atoms with E-state index in [9.17, 15) is 9.90 Å². The third-order valence-corrected chi connectivity index (χ3v) is 6.20. The van der Waals surface area contributed by atoms with Crippen LogP contribution in [0.3, 0.4) is 0 Å². The molecule has 1 aromatic rings. The number of imidazole rings is 1. The second kappa shape index (κ2) is 7.23. The Kier molecular flexibility index (Phi) is 4.65. The highest BCUT2D eigenvalue weighted by molar-refractivity contribution is 5.70. The molecule has 30 heavy (non-hydrogen) atoms. The summed E-state index contributed by atoms with van der Waals surface area (Å²) in [6.45, 7) is 4.20. The van der Waals surface area contributed by atoms with Gasteiger partial charge in [-0.1, -0.05) is 43.2 Å². The standard InChI is InChI=1S/C23H29N5O2/c1-23(2,30)14-28-21-18(25-19(26-21)16-10-6-7-11-16)20-24-17(13-27(20)22(28)29)12-15-8-4-3-5-9-15/h3-5,8-9,16-17,24,30H,6-7,10-14H2,1-2H3/t17-/m1/s1. The number of benzene rings is 1. The maximum Gasteiger partial charge on any atom is 0.331 e. The summed E-state index contributed by atoms with van der Waals surface area (Å²) in [6, 6.07) is 10.4. The van der Waals surface area contributed by atoms with E-state index in [-0.39, 0.29) is 18.3 Å². The molecule has 0 saturated heterocycles. The zero-order valence-corrected chi connectivity index (χ0v) is 17.6. The highest BCUT2D eigenvalue weighted by Gasteiger charge is 2.34. The first kappa shape index (κ1) is 19.3. The summed E-state index contributed by atoms with van der Waals surface area (Å²) in [7, 11) is 0. The first-order valence-electron chi connectivity index (χ1n) is 10.9. The van der Waals surface area contributed by atoms with Gasteiger partial charge in [0.2, 0.25) is 0 Å². The van der Waals surface area contributed by atoms with Crippen molar-refractivity contribution in [2.24, 2.45) is 0 Å². The summed E-state index contributed by atoms with van der Waals surface area (Å²) in [5.41, 5.74) is 0.821. The van der Waals surface area contributed by atoms with E-state index >= 15 is 0 Å². The lowest BCUT2D eigenvalue weighted by atomic mass is 10.1. The van der Waals surface area contributed by atoms with Gasteiger partial charge in [-0.2, -0.15) is 0 Å². The average Bonchev–Trinajstić information content (AvgIpc) is 3.43. The molecule has 3 heterocycles. The molecule has 5 rings (SSSR count). The van der Waals surface area contributed by atoms with E-state index in [1.807, 2.05) is 18.2 Å². The lowest BCUT2D eigenvalue weighted by molar-refractivity contribution is 0.0599. The number of hydrogen-bond acceptors (Lipinski definition) is 5. The monoisotopic (exact) mass is 407 g/mol. The van der Waals surface area contributed by atoms with Crippen LogP contribution in [-0.2, 0) is 19.5 Å².